The number of benzene rings is 1. The van der Waals surface area contributed by atoms with Crippen LogP contribution in [0.4, 0.5) is 0 Å². The Morgan fingerprint density at radius 2 is 1.70 bits per heavy atom. The van der Waals surface area contributed by atoms with Crippen molar-refractivity contribution in [1.82, 2.24) is 10.2 Å². The maximum atomic E-state index is 12.0. The number of carbonyl (C=O) groups excluding carboxylic acids is 2. The predicted octanol–water partition coefficient (Wildman–Crippen LogP) is 2.12. The number of rotatable bonds is 4. The fourth-order valence-corrected chi connectivity index (χ4v) is 1.61. The zero-order valence-electron chi connectivity index (χ0n) is 13.0. The molecule has 0 saturated carbocycles. The molecule has 20 heavy (non-hydrogen) atoms. The van der Waals surface area contributed by atoms with E-state index in [2.05, 4.69) is 5.32 Å². The highest BCUT2D eigenvalue weighted by molar-refractivity contribution is 5.87. The van der Waals surface area contributed by atoms with E-state index < -0.39 is 5.41 Å². The number of amides is 2. The van der Waals surface area contributed by atoms with E-state index in [1.165, 1.54) is 5.56 Å². The van der Waals surface area contributed by atoms with Crippen molar-refractivity contribution in [2.45, 2.75) is 34.2 Å². The second kappa shape index (κ2) is 6.55. The molecule has 1 aromatic carbocycles. The van der Waals surface area contributed by atoms with Gasteiger partial charge in [-0.2, -0.15) is 0 Å². The number of nitrogens with one attached hydrogen (secondary N) is 1. The SMILES string of the molecule is Cc1ccc(CN(C)C(=O)CNC(=O)C(C)(C)C)cc1. The van der Waals surface area contributed by atoms with E-state index in [1.54, 1.807) is 11.9 Å². The van der Waals surface area contributed by atoms with Crippen LogP contribution in [0, 0.1) is 12.3 Å². The summed E-state index contributed by atoms with van der Waals surface area (Å²) in [6.07, 6.45) is 0. The predicted molar refractivity (Wildman–Crippen MR) is 80.1 cm³/mol. The molecule has 0 aliphatic heterocycles. The summed E-state index contributed by atoms with van der Waals surface area (Å²) >= 11 is 0. The van der Waals surface area contributed by atoms with Crippen molar-refractivity contribution in [3.63, 3.8) is 0 Å². The van der Waals surface area contributed by atoms with E-state index in [-0.39, 0.29) is 18.4 Å². The zero-order chi connectivity index (χ0) is 15.3. The van der Waals surface area contributed by atoms with Crippen LogP contribution in [0.3, 0.4) is 0 Å². The van der Waals surface area contributed by atoms with Gasteiger partial charge in [0, 0.05) is 19.0 Å². The Hall–Kier alpha value is -1.84. The molecule has 4 nitrogen and oxygen atoms in total. The Bertz CT molecular complexity index is 472. The Morgan fingerprint density at radius 1 is 1.15 bits per heavy atom. The summed E-state index contributed by atoms with van der Waals surface area (Å²) in [5.74, 6) is -0.210. The van der Waals surface area contributed by atoms with Gasteiger partial charge in [-0.1, -0.05) is 50.6 Å². The minimum Gasteiger partial charge on any atom is -0.347 e. The van der Waals surface area contributed by atoms with Crippen molar-refractivity contribution in [3.05, 3.63) is 35.4 Å². The first-order valence-corrected chi connectivity index (χ1v) is 6.78. The lowest BCUT2D eigenvalue weighted by molar-refractivity contribution is -0.134. The summed E-state index contributed by atoms with van der Waals surface area (Å²) < 4.78 is 0. The van der Waals surface area contributed by atoms with E-state index in [4.69, 9.17) is 0 Å². The minimum absolute atomic E-state index is 0.0401. The molecule has 0 heterocycles. The maximum absolute atomic E-state index is 12.0. The highest BCUT2D eigenvalue weighted by Crippen LogP contribution is 2.12. The fraction of sp³-hybridized carbons (Fsp3) is 0.500. The molecule has 0 spiro atoms. The molecular weight excluding hydrogens is 252 g/mol. The van der Waals surface area contributed by atoms with Gasteiger partial charge in [-0.05, 0) is 12.5 Å². The standard InChI is InChI=1S/C16H24N2O2/c1-12-6-8-13(9-7-12)11-18(5)14(19)10-17-15(20)16(2,3)4/h6-9H,10-11H2,1-5H3,(H,17,20). The molecule has 2 amide bonds. The third-order valence-electron chi connectivity index (χ3n) is 3.05. The first-order chi connectivity index (χ1) is 9.20. The van der Waals surface area contributed by atoms with Gasteiger partial charge in [-0.25, -0.2) is 0 Å². The molecule has 0 radical (unpaired) electrons. The van der Waals surface area contributed by atoms with E-state index in [0.717, 1.165) is 5.56 Å². The van der Waals surface area contributed by atoms with E-state index >= 15 is 0 Å². The van der Waals surface area contributed by atoms with E-state index in [9.17, 15) is 9.59 Å². The van der Waals surface area contributed by atoms with Crippen molar-refractivity contribution in [3.8, 4) is 0 Å². The monoisotopic (exact) mass is 276 g/mol. The topological polar surface area (TPSA) is 49.4 Å². The van der Waals surface area contributed by atoms with Crippen LogP contribution in [0.25, 0.3) is 0 Å². The summed E-state index contributed by atoms with van der Waals surface area (Å²) in [4.78, 5) is 25.3. The zero-order valence-corrected chi connectivity index (χ0v) is 13.0. The summed E-state index contributed by atoms with van der Waals surface area (Å²) in [6, 6.07) is 8.06. The number of hydrogen-bond donors (Lipinski definition) is 1. The van der Waals surface area contributed by atoms with Crippen molar-refractivity contribution in [2.24, 2.45) is 5.41 Å². The van der Waals surface area contributed by atoms with Crippen LogP contribution in [0.5, 0.6) is 0 Å². The molecule has 0 saturated heterocycles. The summed E-state index contributed by atoms with van der Waals surface area (Å²) in [5, 5.41) is 2.67. The third-order valence-corrected chi connectivity index (χ3v) is 3.05. The van der Waals surface area contributed by atoms with Crippen LogP contribution in [0.15, 0.2) is 24.3 Å². The van der Waals surface area contributed by atoms with Crippen LogP contribution in [-0.2, 0) is 16.1 Å². The molecule has 4 heteroatoms. The first-order valence-electron chi connectivity index (χ1n) is 6.78. The molecule has 0 aliphatic carbocycles. The Kier molecular flexibility index (Phi) is 5.31. The van der Waals surface area contributed by atoms with Gasteiger partial charge in [-0.3, -0.25) is 9.59 Å². The second-order valence-electron chi connectivity index (χ2n) is 6.17. The molecule has 0 atom stereocenters. The molecule has 0 bridgehead atoms. The Labute approximate surface area is 121 Å². The largest absolute Gasteiger partial charge is 0.347 e. The average molecular weight is 276 g/mol. The lowest BCUT2D eigenvalue weighted by Crippen LogP contribution is -2.42. The number of aryl methyl sites for hydroxylation is 1. The van der Waals surface area contributed by atoms with E-state index in [1.807, 2.05) is 52.0 Å². The quantitative estimate of drug-likeness (QED) is 0.915. The van der Waals surface area contributed by atoms with Crippen LogP contribution in [0.1, 0.15) is 31.9 Å². The molecule has 1 N–H and O–H groups in total. The number of nitrogens with zero attached hydrogens (tertiary/aromatic N) is 1. The summed E-state index contributed by atoms with van der Waals surface area (Å²) in [6.45, 7) is 8.08. The molecule has 0 aliphatic rings. The highest BCUT2D eigenvalue weighted by atomic mass is 16.2. The summed E-state index contributed by atoms with van der Waals surface area (Å²) in [5.41, 5.74) is 1.80. The van der Waals surface area contributed by atoms with Gasteiger partial charge in [0.25, 0.3) is 0 Å². The normalized spacial score (nSPS) is 11.1. The smallest absolute Gasteiger partial charge is 0.242 e. The van der Waals surface area contributed by atoms with Gasteiger partial charge in [0.1, 0.15) is 0 Å². The van der Waals surface area contributed by atoms with Gasteiger partial charge in [0.05, 0.1) is 6.54 Å². The third kappa shape index (κ3) is 5.03. The van der Waals surface area contributed by atoms with Crippen LogP contribution >= 0.6 is 0 Å². The number of carbonyl (C=O) groups is 2. The van der Waals surface area contributed by atoms with Gasteiger partial charge < -0.3 is 10.2 Å². The second-order valence-corrected chi connectivity index (χ2v) is 6.17. The van der Waals surface area contributed by atoms with Crippen LogP contribution in [-0.4, -0.2) is 30.3 Å². The molecule has 1 rings (SSSR count). The lowest BCUT2D eigenvalue weighted by atomic mass is 9.96. The van der Waals surface area contributed by atoms with Gasteiger partial charge in [0.2, 0.25) is 11.8 Å². The minimum atomic E-state index is -0.476. The van der Waals surface area contributed by atoms with Crippen molar-refractivity contribution >= 4 is 11.8 Å². The fourth-order valence-electron chi connectivity index (χ4n) is 1.61. The van der Waals surface area contributed by atoms with Gasteiger partial charge >= 0.3 is 0 Å². The van der Waals surface area contributed by atoms with Gasteiger partial charge in [0.15, 0.2) is 0 Å². The molecule has 0 aromatic heterocycles. The van der Waals surface area contributed by atoms with E-state index in [0.29, 0.717) is 6.54 Å². The van der Waals surface area contributed by atoms with Crippen molar-refractivity contribution in [2.75, 3.05) is 13.6 Å². The Balaban J connectivity index is 2.47. The van der Waals surface area contributed by atoms with Crippen molar-refractivity contribution in [1.29, 1.82) is 0 Å². The highest BCUT2D eigenvalue weighted by Gasteiger charge is 2.22. The summed E-state index contributed by atoms with van der Waals surface area (Å²) in [7, 11) is 1.74. The molecule has 0 fully saturated rings. The maximum Gasteiger partial charge on any atom is 0.242 e. The first kappa shape index (κ1) is 16.2. The molecule has 110 valence electrons. The van der Waals surface area contributed by atoms with Crippen molar-refractivity contribution < 1.29 is 9.59 Å². The Morgan fingerprint density at radius 3 is 2.20 bits per heavy atom. The number of hydrogen-bond acceptors (Lipinski definition) is 2. The average Bonchev–Trinajstić information content (AvgIpc) is 2.36. The lowest BCUT2D eigenvalue weighted by Gasteiger charge is -2.21. The number of likely N-dealkylation sites (N-methyl/N-ethyl adjacent to an activating group) is 1. The van der Waals surface area contributed by atoms with Gasteiger partial charge in [-0.15, -0.1) is 0 Å². The van der Waals surface area contributed by atoms with Crippen LogP contribution in [0.2, 0.25) is 0 Å². The molecular formula is C16H24N2O2. The van der Waals surface area contributed by atoms with Crippen LogP contribution < -0.4 is 5.32 Å². The molecule has 1 aromatic rings. The molecule has 0 unspecified atom stereocenters.